The SMILES string of the molecule is CC1C2=C(C=CC(C(=O)OC(C)(C)C)C2c2ccc(Cl)cc2)OC(C)(C)C1O. The van der Waals surface area contributed by atoms with E-state index < -0.39 is 23.2 Å². The Morgan fingerprint density at radius 1 is 1.21 bits per heavy atom. The van der Waals surface area contributed by atoms with E-state index in [1.54, 1.807) is 0 Å². The van der Waals surface area contributed by atoms with Gasteiger partial charge in [0.15, 0.2) is 0 Å². The van der Waals surface area contributed by atoms with Gasteiger partial charge in [-0.05, 0) is 64.0 Å². The fourth-order valence-electron chi connectivity index (χ4n) is 4.10. The largest absolute Gasteiger partial charge is 0.485 e. The molecule has 3 rings (SSSR count). The molecule has 1 aliphatic heterocycles. The molecular formula is C23H29ClO4. The molecule has 152 valence electrons. The molecule has 5 heteroatoms. The minimum Gasteiger partial charge on any atom is -0.485 e. The van der Waals surface area contributed by atoms with Crippen LogP contribution in [0.2, 0.25) is 5.02 Å². The molecule has 0 spiro atoms. The van der Waals surface area contributed by atoms with Crippen molar-refractivity contribution in [2.45, 2.75) is 64.8 Å². The minimum absolute atomic E-state index is 0.172. The summed E-state index contributed by atoms with van der Waals surface area (Å²) in [6, 6.07) is 7.48. The van der Waals surface area contributed by atoms with E-state index in [2.05, 4.69) is 0 Å². The molecule has 4 atom stereocenters. The molecule has 0 bridgehead atoms. The molecule has 0 saturated heterocycles. The smallest absolute Gasteiger partial charge is 0.314 e. The highest BCUT2D eigenvalue weighted by molar-refractivity contribution is 6.30. The second kappa shape index (κ2) is 7.23. The lowest BCUT2D eigenvalue weighted by Gasteiger charge is -2.46. The van der Waals surface area contributed by atoms with Gasteiger partial charge in [0.25, 0.3) is 0 Å². The first-order valence-corrected chi connectivity index (χ1v) is 10.1. The molecule has 4 unspecified atom stereocenters. The summed E-state index contributed by atoms with van der Waals surface area (Å²) in [7, 11) is 0. The van der Waals surface area contributed by atoms with Crippen molar-refractivity contribution < 1.29 is 19.4 Å². The van der Waals surface area contributed by atoms with Crippen LogP contribution in [0.15, 0.2) is 47.7 Å². The summed E-state index contributed by atoms with van der Waals surface area (Å²) < 4.78 is 11.8. The van der Waals surface area contributed by atoms with Crippen molar-refractivity contribution in [3.63, 3.8) is 0 Å². The van der Waals surface area contributed by atoms with Crippen LogP contribution in [0.1, 0.15) is 53.0 Å². The number of halogens is 1. The van der Waals surface area contributed by atoms with Crippen LogP contribution in [0.4, 0.5) is 0 Å². The Kier molecular flexibility index (Phi) is 5.41. The molecule has 4 nitrogen and oxygen atoms in total. The zero-order valence-corrected chi connectivity index (χ0v) is 18.1. The summed E-state index contributed by atoms with van der Waals surface area (Å²) in [5.74, 6) is -0.523. The molecule has 28 heavy (non-hydrogen) atoms. The van der Waals surface area contributed by atoms with Crippen LogP contribution in [-0.2, 0) is 14.3 Å². The lowest BCUT2D eigenvalue weighted by atomic mass is 9.68. The van der Waals surface area contributed by atoms with Gasteiger partial charge in [0.05, 0.1) is 12.0 Å². The Labute approximate surface area is 172 Å². The maximum Gasteiger partial charge on any atom is 0.314 e. The monoisotopic (exact) mass is 404 g/mol. The third-order valence-corrected chi connectivity index (χ3v) is 5.64. The van der Waals surface area contributed by atoms with Crippen LogP contribution < -0.4 is 0 Å². The molecule has 1 heterocycles. The van der Waals surface area contributed by atoms with E-state index >= 15 is 0 Å². The average Bonchev–Trinajstić information content (AvgIpc) is 2.58. The number of benzene rings is 1. The van der Waals surface area contributed by atoms with Gasteiger partial charge < -0.3 is 14.6 Å². The van der Waals surface area contributed by atoms with Gasteiger partial charge in [0.2, 0.25) is 0 Å². The van der Waals surface area contributed by atoms with Crippen molar-refractivity contribution in [2.24, 2.45) is 11.8 Å². The first kappa shape index (κ1) is 20.9. The Bertz CT molecular complexity index is 814. The maximum atomic E-state index is 13.0. The molecule has 1 aliphatic carbocycles. The molecule has 0 amide bonds. The number of aliphatic hydroxyl groups is 1. The van der Waals surface area contributed by atoms with Gasteiger partial charge in [-0.1, -0.05) is 36.7 Å². The predicted octanol–water partition coefficient (Wildman–Crippen LogP) is 5.01. The molecule has 1 aromatic rings. The lowest BCUT2D eigenvalue weighted by molar-refractivity contribution is -0.159. The molecular weight excluding hydrogens is 376 g/mol. The van der Waals surface area contributed by atoms with Crippen LogP contribution >= 0.6 is 11.6 Å². The Morgan fingerprint density at radius 2 is 1.82 bits per heavy atom. The average molecular weight is 405 g/mol. The fraction of sp³-hybridized carbons (Fsp3) is 0.522. The van der Waals surface area contributed by atoms with E-state index in [0.29, 0.717) is 5.02 Å². The third kappa shape index (κ3) is 3.99. The van der Waals surface area contributed by atoms with Crippen LogP contribution in [0.25, 0.3) is 0 Å². The number of hydrogen-bond acceptors (Lipinski definition) is 4. The van der Waals surface area contributed by atoms with Gasteiger partial charge in [-0.15, -0.1) is 0 Å². The number of carbonyl (C=O) groups excluding carboxylic acids is 1. The number of rotatable bonds is 2. The van der Waals surface area contributed by atoms with Crippen LogP contribution in [0.3, 0.4) is 0 Å². The topological polar surface area (TPSA) is 55.8 Å². The van der Waals surface area contributed by atoms with Gasteiger partial charge in [-0.2, -0.15) is 0 Å². The summed E-state index contributed by atoms with van der Waals surface area (Å²) >= 11 is 6.08. The molecule has 0 aromatic heterocycles. The van der Waals surface area contributed by atoms with Gasteiger partial charge in [0, 0.05) is 16.9 Å². The van der Waals surface area contributed by atoms with E-state index in [4.69, 9.17) is 21.1 Å². The second-order valence-corrected chi connectivity index (χ2v) is 9.64. The van der Waals surface area contributed by atoms with E-state index in [1.807, 2.05) is 78.0 Å². The zero-order valence-electron chi connectivity index (χ0n) is 17.3. The quantitative estimate of drug-likeness (QED) is 0.704. The third-order valence-electron chi connectivity index (χ3n) is 5.39. The number of allylic oxidation sites excluding steroid dienone is 1. The standard InChI is InChI=1S/C23H29ClO4/c1-13-18-17(27-23(5,6)20(13)25)12-11-16(21(26)28-22(2,3)4)19(18)14-7-9-15(24)10-8-14/h7-13,16,19-20,25H,1-6H3. The summed E-state index contributed by atoms with van der Waals surface area (Å²) in [5, 5.41) is 11.5. The van der Waals surface area contributed by atoms with E-state index in [0.717, 1.165) is 16.9 Å². The summed E-state index contributed by atoms with van der Waals surface area (Å²) in [4.78, 5) is 13.0. The van der Waals surface area contributed by atoms with Gasteiger partial charge in [-0.3, -0.25) is 4.79 Å². The first-order valence-electron chi connectivity index (χ1n) is 9.68. The highest BCUT2D eigenvalue weighted by Gasteiger charge is 2.48. The van der Waals surface area contributed by atoms with Crippen molar-refractivity contribution in [3.8, 4) is 0 Å². The van der Waals surface area contributed by atoms with Crippen molar-refractivity contribution >= 4 is 17.6 Å². The van der Waals surface area contributed by atoms with E-state index in [1.165, 1.54) is 0 Å². The van der Waals surface area contributed by atoms with E-state index in [9.17, 15) is 9.90 Å². The Morgan fingerprint density at radius 3 is 2.39 bits per heavy atom. The lowest BCUT2D eigenvalue weighted by Crippen LogP contribution is -2.49. The molecule has 2 aliphatic rings. The molecule has 1 N–H and O–H groups in total. The number of esters is 1. The van der Waals surface area contributed by atoms with Crippen LogP contribution in [-0.4, -0.2) is 28.4 Å². The van der Waals surface area contributed by atoms with E-state index in [-0.39, 0.29) is 17.8 Å². The van der Waals surface area contributed by atoms with Crippen LogP contribution in [0, 0.1) is 11.8 Å². The van der Waals surface area contributed by atoms with Gasteiger partial charge >= 0.3 is 5.97 Å². The Hall–Kier alpha value is -1.78. The highest BCUT2D eigenvalue weighted by Crippen LogP contribution is 2.49. The summed E-state index contributed by atoms with van der Waals surface area (Å²) in [6.07, 6.45) is 3.01. The predicted molar refractivity (Wildman–Crippen MR) is 110 cm³/mol. The van der Waals surface area contributed by atoms with Gasteiger partial charge in [0.1, 0.15) is 17.0 Å². The first-order chi connectivity index (χ1) is 12.9. The van der Waals surface area contributed by atoms with Crippen molar-refractivity contribution in [3.05, 3.63) is 58.3 Å². The molecule has 0 radical (unpaired) electrons. The maximum absolute atomic E-state index is 13.0. The second-order valence-electron chi connectivity index (χ2n) is 9.21. The van der Waals surface area contributed by atoms with Crippen molar-refractivity contribution in [1.82, 2.24) is 0 Å². The zero-order chi connectivity index (χ0) is 20.9. The summed E-state index contributed by atoms with van der Waals surface area (Å²) in [6.45, 7) is 11.3. The van der Waals surface area contributed by atoms with Crippen molar-refractivity contribution in [2.75, 3.05) is 0 Å². The van der Waals surface area contributed by atoms with Crippen molar-refractivity contribution in [1.29, 1.82) is 0 Å². The number of carbonyl (C=O) groups is 1. The Balaban J connectivity index is 2.09. The van der Waals surface area contributed by atoms with Crippen LogP contribution in [0.5, 0.6) is 0 Å². The number of hydrogen-bond donors (Lipinski definition) is 1. The molecule has 0 fully saturated rings. The summed E-state index contributed by atoms with van der Waals surface area (Å²) in [5.41, 5.74) is 0.582. The minimum atomic E-state index is -0.702. The number of ether oxygens (including phenoxy) is 2. The normalized spacial score (nSPS) is 29.1. The highest BCUT2D eigenvalue weighted by atomic mass is 35.5. The molecule has 0 saturated carbocycles. The number of aliphatic hydroxyl groups excluding tert-OH is 1. The van der Waals surface area contributed by atoms with Gasteiger partial charge in [-0.25, -0.2) is 0 Å². The fourth-order valence-corrected chi connectivity index (χ4v) is 4.23. The molecule has 1 aromatic carbocycles.